The van der Waals surface area contributed by atoms with Gasteiger partial charge >= 0.3 is 0 Å². The van der Waals surface area contributed by atoms with Gasteiger partial charge in [-0.2, -0.15) is 0 Å². The van der Waals surface area contributed by atoms with Crippen LogP contribution in [0.15, 0.2) is 30.3 Å². The van der Waals surface area contributed by atoms with E-state index in [0.29, 0.717) is 0 Å². The summed E-state index contributed by atoms with van der Waals surface area (Å²) in [6, 6.07) is 8.21. The maximum Gasteiger partial charge on any atom is 0.126 e. The van der Waals surface area contributed by atoms with E-state index in [0.717, 1.165) is 43.2 Å². The number of para-hydroxylation sites is 1. The van der Waals surface area contributed by atoms with Crippen molar-refractivity contribution < 1.29 is 4.74 Å². The van der Waals surface area contributed by atoms with E-state index in [1.807, 2.05) is 31.2 Å². The number of allylic oxidation sites excluding steroid dienone is 1. The highest BCUT2D eigenvalue weighted by atomic mass is 16.5. The van der Waals surface area contributed by atoms with Gasteiger partial charge in [-0.15, -0.1) is 0 Å². The van der Waals surface area contributed by atoms with Crippen LogP contribution in [-0.2, 0) is 0 Å². The highest BCUT2D eigenvalue weighted by molar-refractivity contribution is 5.56. The summed E-state index contributed by atoms with van der Waals surface area (Å²) >= 11 is 0. The van der Waals surface area contributed by atoms with E-state index in [4.69, 9.17) is 4.74 Å². The van der Waals surface area contributed by atoms with E-state index < -0.39 is 0 Å². The van der Waals surface area contributed by atoms with Gasteiger partial charge in [-0.1, -0.05) is 44.2 Å². The van der Waals surface area contributed by atoms with E-state index in [2.05, 4.69) is 38.2 Å². The molecule has 1 aromatic rings. The lowest BCUT2D eigenvalue weighted by atomic mass is 10.1. The highest BCUT2D eigenvalue weighted by Gasteiger charge is 2.06. The van der Waals surface area contributed by atoms with Gasteiger partial charge in [-0.25, -0.2) is 0 Å². The van der Waals surface area contributed by atoms with E-state index in [1.54, 1.807) is 0 Å². The first-order chi connectivity index (χ1) is 9.63. The Kier molecular flexibility index (Phi) is 8.05. The number of nitrogens with one attached hydrogen (secondary N) is 1. The Labute approximate surface area is 124 Å². The predicted molar refractivity (Wildman–Crippen MR) is 88.2 cm³/mol. The SMILES string of the molecule is CC=Cc1ccccc1OC(C)CCCNCC(C)C. The summed E-state index contributed by atoms with van der Waals surface area (Å²) < 4.78 is 6.05. The summed E-state index contributed by atoms with van der Waals surface area (Å²) in [5, 5.41) is 3.47. The maximum absolute atomic E-state index is 6.05. The molecule has 0 amide bonds. The van der Waals surface area contributed by atoms with Gasteiger partial charge in [-0.05, 0) is 51.8 Å². The van der Waals surface area contributed by atoms with E-state index in [-0.39, 0.29) is 6.10 Å². The second kappa shape index (κ2) is 9.60. The Morgan fingerprint density at radius 3 is 2.65 bits per heavy atom. The third-order valence-electron chi connectivity index (χ3n) is 3.11. The van der Waals surface area contributed by atoms with Crippen molar-refractivity contribution in [3.63, 3.8) is 0 Å². The maximum atomic E-state index is 6.05. The molecule has 0 aliphatic rings. The minimum absolute atomic E-state index is 0.252. The van der Waals surface area contributed by atoms with Crippen LogP contribution in [0.4, 0.5) is 0 Å². The Morgan fingerprint density at radius 2 is 1.95 bits per heavy atom. The van der Waals surface area contributed by atoms with Crippen LogP contribution in [0.2, 0.25) is 0 Å². The summed E-state index contributed by atoms with van der Waals surface area (Å²) in [5.41, 5.74) is 1.15. The molecule has 0 radical (unpaired) electrons. The molecular weight excluding hydrogens is 246 g/mol. The van der Waals surface area contributed by atoms with Gasteiger partial charge in [0.05, 0.1) is 6.10 Å². The van der Waals surface area contributed by atoms with Gasteiger partial charge in [0, 0.05) is 5.56 Å². The topological polar surface area (TPSA) is 21.3 Å². The zero-order valence-electron chi connectivity index (χ0n) is 13.4. The van der Waals surface area contributed by atoms with Crippen LogP contribution in [0.5, 0.6) is 5.75 Å². The molecular formula is C18H29NO. The molecule has 0 bridgehead atoms. The van der Waals surface area contributed by atoms with Gasteiger partial charge in [0.15, 0.2) is 0 Å². The van der Waals surface area contributed by atoms with Crippen LogP contribution in [-0.4, -0.2) is 19.2 Å². The standard InChI is InChI=1S/C18H29NO/c1-5-9-17-11-6-7-12-18(17)20-16(4)10-8-13-19-14-15(2)3/h5-7,9,11-12,15-16,19H,8,10,13-14H2,1-4H3. The van der Waals surface area contributed by atoms with Gasteiger partial charge in [0.2, 0.25) is 0 Å². The minimum Gasteiger partial charge on any atom is -0.490 e. The number of benzene rings is 1. The zero-order valence-corrected chi connectivity index (χ0v) is 13.4. The Hall–Kier alpha value is -1.28. The van der Waals surface area contributed by atoms with Crippen molar-refractivity contribution in [2.75, 3.05) is 13.1 Å². The summed E-state index contributed by atoms with van der Waals surface area (Å²) in [7, 11) is 0. The van der Waals surface area contributed by atoms with Crippen molar-refractivity contribution in [2.45, 2.75) is 46.6 Å². The van der Waals surface area contributed by atoms with Crippen molar-refractivity contribution in [2.24, 2.45) is 5.92 Å². The van der Waals surface area contributed by atoms with Crippen molar-refractivity contribution in [1.82, 2.24) is 5.32 Å². The molecule has 0 spiro atoms. The second-order valence-electron chi connectivity index (χ2n) is 5.71. The molecule has 2 nitrogen and oxygen atoms in total. The Morgan fingerprint density at radius 1 is 1.20 bits per heavy atom. The van der Waals surface area contributed by atoms with Crippen LogP contribution < -0.4 is 10.1 Å². The summed E-state index contributed by atoms with van der Waals surface area (Å²) in [6.07, 6.45) is 6.62. The molecule has 2 heteroatoms. The van der Waals surface area contributed by atoms with Gasteiger partial charge in [0.25, 0.3) is 0 Å². The van der Waals surface area contributed by atoms with Crippen LogP contribution in [0.1, 0.15) is 46.1 Å². The minimum atomic E-state index is 0.252. The molecule has 20 heavy (non-hydrogen) atoms. The van der Waals surface area contributed by atoms with E-state index in [9.17, 15) is 0 Å². The van der Waals surface area contributed by atoms with E-state index >= 15 is 0 Å². The molecule has 1 N–H and O–H groups in total. The molecule has 1 aromatic carbocycles. The molecule has 0 saturated carbocycles. The fraction of sp³-hybridized carbons (Fsp3) is 0.556. The largest absolute Gasteiger partial charge is 0.490 e. The summed E-state index contributed by atoms with van der Waals surface area (Å²) in [6.45, 7) is 10.8. The van der Waals surface area contributed by atoms with E-state index in [1.165, 1.54) is 0 Å². The molecule has 0 heterocycles. The first-order valence-electron chi connectivity index (χ1n) is 7.72. The molecule has 1 rings (SSSR count). The van der Waals surface area contributed by atoms with Crippen LogP contribution >= 0.6 is 0 Å². The van der Waals surface area contributed by atoms with Gasteiger partial charge < -0.3 is 10.1 Å². The molecule has 112 valence electrons. The van der Waals surface area contributed by atoms with Crippen molar-refractivity contribution in [3.05, 3.63) is 35.9 Å². The molecule has 1 atom stereocenters. The fourth-order valence-corrected chi connectivity index (χ4v) is 2.09. The van der Waals surface area contributed by atoms with Crippen molar-refractivity contribution >= 4 is 6.08 Å². The molecule has 0 saturated heterocycles. The third kappa shape index (κ3) is 6.76. The second-order valence-corrected chi connectivity index (χ2v) is 5.71. The first-order valence-corrected chi connectivity index (χ1v) is 7.72. The number of hydrogen-bond donors (Lipinski definition) is 1. The average molecular weight is 275 g/mol. The molecule has 0 aliphatic heterocycles. The summed E-state index contributed by atoms with van der Waals surface area (Å²) in [5.74, 6) is 1.70. The number of rotatable bonds is 9. The third-order valence-corrected chi connectivity index (χ3v) is 3.11. The lowest BCUT2D eigenvalue weighted by molar-refractivity contribution is 0.207. The number of ether oxygens (including phenoxy) is 1. The first kappa shape index (κ1) is 16.8. The monoisotopic (exact) mass is 275 g/mol. The molecule has 1 unspecified atom stereocenters. The van der Waals surface area contributed by atoms with Crippen LogP contribution in [0, 0.1) is 5.92 Å². The Balaban J connectivity index is 2.33. The van der Waals surface area contributed by atoms with Gasteiger partial charge in [0.1, 0.15) is 5.75 Å². The quantitative estimate of drug-likeness (QED) is 0.669. The predicted octanol–water partition coefficient (Wildman–Crippen LogP) is 4.51. The van der Waals surface area contributed by atoms with Crippen molar-refractivity contribution in [3.8, 4) is 5.75 Å². The Bertz CT molecular complexity index is 398. The highest BCUT2D eigenvalue weighted by Crippen LogP contribution is 2.21. The van der Waals surface area contributed by atoms with Crippen LogP contribution in [0.3, 0.4) is 0 Å². The molecule has 0 aliphatic carbocycles. The molecule has 0 fully saturated rings. The lowest BCUT2D eigenvalue weighted by Gasteiger charge is -2.16. The van der Waals surface area contributed by atoms with Gasteiger partial charge in [-0.3, -0.25) is 0 Å². The summed E-state index contributed by atoms with van der Waals surface area (Å²) in [4.78, 5) is 0. The normalized spacial score (nSPS) is 13.1. The average Bonchev–Trinajstić information content (AvgIpc) is 2.40. The zero-order chi connectivity index (χ0) is 14.8. The number of hydrogen-bond acceptors (Lipinski definition) is 2. The fourth-order valence-electron chi connectivity index (χ4n) is 2.09. The van der Waals surface area contributed by atoms with Crippen LogP contribution in [0.25, 0.3) is 6.08 Å². The smallest absolute Gasteiger partial charge is 0.126 e. The van der Waals surface area contributed by atoms with Crippen molar-refractivity contribution in [1.29, 1.82) is 0 Å². The molecule has 0 aromatic heterocycles. The lowest BCUT2D eigenvalue weighted by Crippen LogP contribution is -2.22.